The van der Waals surface area contributed by atoms with Crippen LogP contribution in [0.5, 0.6) is 0 Å². The van der Waals surface area contributed by atoms with Crippen LogP contribution in [0.15, 0.2) is 18.2 Å². The Morgan fingerprint density at radius 3 is 2.80 bits per heavy atom. The summed E-state index contributed by atoms with van der Waals surface area (Å²) in [5.74, 6) is 1.10. The van der Waals surface area contributed by atoms with E-state index in [1.165, 1.54) is 4.90 Å². The highest BCUT2D eigenvalue weighted by molar-refractivity contribution is 6.05. The second-order valence-electron chi connectivity index (χ2n) is 6.94. The zero-order chi connectivity index (χ0) is 21.5. The van der Waals surface area contributed by atoms with Gasteiger partial charge in [-0.25, -0.2) is 0 Å². The second kappa shape index (κ2) is 10.0. The summed E-state index contributed by atoms with van der Waals surface area (Å²) in [6.07, 6.45) is 5.75. The number of piperidine rings is 1. The first kappa shape index (κ1) is 21.5. The minimum atomic E-state index is -0.664. The molecule has 3 rings (SSSR count). The van der Waals surface area contributed by atoms with Gasteiger partial charge in [0.15, 0.2) is 0 Å². The molecule has 1 fully saturated rings. The number of anilines is 1. The maximum Gasteiger partial charge on any atom is 0.255 e. The molecule has 1 atom stereocenters. The maximum absolute atomic E-state index is 12.7. The van der Waals surface area contributed by atoms with Crippen molar-refractivity contribution in [2.24, 2.45) is 0 Å². The largest absolute Gasteiger partial charge is 0.379 e. The lowest BCUT2D eigenvalue weighted by Gasteiger charge is -2.29. The van der Waals surface area contributed by atoms with Gasteiger partial charge in [-0.1, -0.05) is 5.92 Å². The number of nitrogens with zero attached hydrogens (tertiary/aromatic N) is 1. The van der Waals surface area contributed by atoms with Crippen LogP contribution in [0.1, 0.15) is 35.2 Å². The molecule has 9 heteroatoms. The third-order valence-electron chi connectivity index (χ3n) is 4.84. The molecule has 1 unspecified atom stereocenters. The normalized spacial score (nSPS) is 18.0. The van der Waals surface area contributed by atoms with E-state index in [1.807, 2.05) is 0 Å². The lowest BCUT2D eigenvalue weighted by molar-refractivity contribution is -0.137. The van der Waals surface area contributed by atoms with Crippen LogP contribution in [0.25, 0.3) is 0 Å². The number of hydrogen-bond donors (Lipinski definition) is 2. The fourth-order valence-corrected chi connectivity index (χ4v) is 3.39. The van der Waals surface area contributed by atoms with E-state index < -0.39 is 11.9 Å². The summed E-state index contributed by atoms with van der Waals surface area (Å²) in [5, 5.41) is 5.05. The number of benzene rings is 1. The first-order valence-corrected chi connectivity index (χ1v) is 9.66. The molecule has 0 saturated carbocycles. The van der Waals surface area contributed by atoms with Crippen molar-refractivity contribution in [3.63, 3.8) is 0 Å². The summed E-state index contributed by atoms with van der Waals surface area (Å²) in [6, 6.07) is 4.35. The quantitative estimate of drug-likeness (QED) is 0.345. The molecule has 2 heterocycles. The fraction of sp³-hybridized carbons (Fsp3) is 0.429. The average Bonchev–Trinajstić information content (AvgIpc) is 3.03. The number of fused-ring (bicyclic) bond motifs is 1. The monoisotopic (exact) mass is 413 g/mol. The Bertz CT molecular complexity index is 891. The molecule has 0 bridgehead atoms. The predicted molar refractivity (Wildman–Crippen MR) is 106 cm³/mol. The number of terminal acetylenes is 1. The lowest BCUT2D eigenvalue weighted by Crippen LogP contribution is -2.52. The first-order chi connectivity index (χ1) is 14.5. The Balaban J connectivity index is 1.50. The zero-order valence-electron chi connectivity index (χ0n) is 16.4. The molecule has 0 aromatic heterocycles. The summed E-state index contributed by atoms with van der Waals surface area (Å²) in [5.41, 5.74) is 1.78. The third-order valence-corrected chi connectivity index (χ3v) is 4.84. The Morgan fingerprint density at radius 1 is 1.23 bits per heavy atom. The molecule has 30 heavy (non-hydrogen) atoms. The highest BCUT2D eigenvalue weighted by Crippen LogP contribution is 2.29. The summed E-state index contributed by atoms with van der Waals surface area (Å²) in [7, 11) is 0. The topological polar surface area (TPSA) is 114 Å². The van der Waals surface area contributed by atoms with Gasteiger partial charge in [0.25, 0.3) is 5.91 Å². The summed E-state index contributed by atoms with van der Waals surface area (Å²) >= 11 is 0. The van der Waals surface area contributed by atoms with E-state index in [4.69, 9.17) is 15.9 Å². The van der Waals surface area contributed by atoms with E-state index >= 15 is 0 Å². The number of carbonyl (C=O) groups excluding carboxylic acids is 4. The molecule has 1 aromatic carbocycles. The maximum atomic E-state index is 12.7. The van der Waals surface area contributed by atoms with Gasteiger partial charge in [0, 0.05) is 24.2 Å². The van der Waals surface area contributed by atoms with Crippen molar-refractivity contribution >= 4 is 29.3 Å². The SMILES string of the molecule is C#CCOCCOCCC(=O)Nc1ccc2c(c1)CN(C1CCC(=O)NC1=O)C2=O. The molecule has 1 saturated heterocycles. The molecule has 2 N–H and O–H groups in total. The van der Waals surface area contributed by atoms with E-state index in [0.29, 0.717) is 30.9 Å². The van der Waals surface area contributed by atoms with Crippen molar-refractivity contribution in [2.75, 3.05) is 31.7 Å². The number of amides is 4. The van der Waals surface area contributed by atoms with Gasteiger partial charge in [-0.2, -0.15) is 0 Å². The molecule has 0 radical (unpaired) electrons. The number of nitrogens with one attached hydrogen (secondary N) is 2. The molecule has 1 aromatic rings. The van der Waals surface area contributed by atoms with Gasteiger partial charge >= 0.3 is 0 Å². The lowest BCUT2D eigenvalue weighted by atomic mass is 10.0. The van der Waals surface area contributed by atoms with Gasteiger partial charge in [-0.05, 0) is 30.2 Å². The third kappa shape index (κ3) is 5.23. The van der Waals surface area contributed by atoms with Crippen molar-refractivity contribution in [1.29, 1.82) is 0 Å². The van der Waals surface area contributed by atoms with Crippen LogP contribution in [0, 0.1) is 12.3 Å². The molecular formula is C21H23N3O6. The van der Waals surface area contributed by atoms with Crippen LogP contribution < -0.4 is 10.6 Å². The average molecular weight is 413 g/mol. The van der Waals surface area contributed by atoms with Crippen molar-refractivity contribution in [1.82, 2.24) is 10.2 Å². The summed E-state index contributed by atoms with van der Waals surface area (Å²) in [6.45, 7) is 1.45. The van der Waals surface area contributed by atoms with E-state index in [0.717, 1.165) is 5.56 Å². The van der Waals surface area contributed by atoms with Gasteiger partial charge in [-0.15, -0.1) is 6.42 Å². The Labute approximate surface area is 174 Å². The standard InChI is InChI=1S/C21H23N3O6/c1-2-8-29-10-11-30-9-7-19(26)22-15-3-4-16-14(12-15)13-24(21(16)28)17-5-6-18(25)23-20(17)27/h1,3-4,12,17H,5-11,13H2,(H,22,26)(H,23,25,27). The van der Waals surface area contributed by atoms with Crippen molar-refractivity contribution < 1.29 is 28.7 Å². The Morgan fingerprint density at radius 2 is 2.03 bits per heavy atom. The number of imide groups is 1. The minimum Gasteiger partial charge on any atom is -0.379 e. The van der Waals surface area contributed by atoms with Crippen LogP contribution in [0.2, 0.25) is 0 Å². The molecule has 0 aliphatic carbocycles. The number of hydrogen-bond acceptors (Lipinski definition) is 6. The molecule has 9 nitrogen and oxygen atoms in total. The Kier molecular flexibility index (Phi) is 7.17. The number of carbonyl (C=O) groups is 4. The van der Waals surface area contributed by atoms with Gasteiger partial charge in [0.1, 0.15) is 12.6 Å². The predicted octanol–water partition coefficient (Wildman–Crippen LogP) is 0.443. The molecule has 4 amide bonds. The van der Waals surface area contributed by atoms with Crippen molar-refractivity contribution in [2.45, 2.75) is 31.8 Å². The Hall–Kier alpha value is -3.22. The van der Waals surface area contributed by atoms with Crippen LogP contribution >= 0.6 is 0 Å². The zero-order valence-corrected chi connectivity index (χ0v) is 16.4. The molecule has 2 aliphatic rings. The fourth-order valence-electron chi connectivity index (χ4n) is 3.39. The highest BCUT2D eigenvalue weighted by atomic mass is 16.5. The van der Waals surface area contributed by atoms with Gasteiger partial charge < -0.3 is 19.7 Å². The van der Waals surface area contributed by atoms with E-state index in [1.54, 1.807) is 18.2 Å². The molecule has 0 spiro atoms. The molecule has 2 aliphatic heterocycles. The van der Waals surface area contributed by atoms with Crippen molar-refractivity contribution in [3.8, 4) is 12.3 Å². The van der Waals surface area contributed by atoms with Crippen LogP contribution in [-0.4, -0.2) is 61.0 Å². The van der Waals surface area contributed by atoms with E-state index in [2.05, 4.69) is 16.6 Å². The molecular weight excluding hydrogens is 390 g/mol. The van der Waals surface area contributed by atoms with Gasteiger partial charge in [0.2, 0.25) is 17.7 Å². The number of rotatable bonds is 9. The summed E-state index contributed by atoms with van der Waals surface area (Å²) < 4.78 is 10.4. The van der Waals surface area contributed by atoms with Gasteiger partial charge in [0.05, 0.1) is 26.2 Å². The van der Waals surface area contributed by atoms with Crippen LogP contribution in [0.4, 0.5) is 5.69 Å². The van der Waals surface area contributed by atoms with Crippen LogP contribution in [0.3, 0.4) is 0 Å². The first-order valence-electron chi connectivity index (χ1n) is 9.66. The van der Waals surface area contributed by atoms with Gasteiger partial charge in [-0.3, -0.25) is 24.5 Å². The van der Waals surface area contributed by atoms with Crippen LogP contribution in [-0.2, 0) is 30.4 Å². The van der Waals surface area contributed by atoms with Crippen molar-refractivity contribution in [3.05, 3.63) is 29.3 Å². The highest BCUT2D eigenvalue weighted by Gasteiger charge is 2.39. The summed E-state index contributed by atoms with van der Waals surface area (Å²) in [4.78, 5) is 49.6. The second-order valence-corrected chi connectivity index (χ2v) is 6.94. The molecule has 158 valence electrons. The van der Waals surface area contributed by atoms with E-state index in [9.17, 15) is 19.2 Å². The smallest absolute Gasteiger partial charge is 0.255 e. The minimum absolute atomic E-state index is 0.174. The number of ether oxygens (including phenoxy) is 2. The van der Waals surface area contributed by atoms with E-state index in [-0.39, 0.29) is 50.3 Å².